The predicted molar refractivity (Wildman–Crippen MR) is 64.2 cm³/mol. The van der Waals surface area contributed by atoms with Gasteiger partial charge in [0, 0.05) is 19.5 Å². The summed E-state index contributed by atoms with van der Waals surface area (Å²) in [4.78, 5) is 2.35. The van der Waals surface area contributed by atoms with Gasteiger partial charge in [-0.25, -0.2) is 0 Å². The molecule has 1 atom stereocenters. The third-order valence-corrected chi connectivity index (χ3v) is 2.61. The molecule has 0 aliphatic heterocycles. The Labute approximate surface area is 93.1 Å². The van der Waals surface area contributed by atoms with E-state index in [1.165, 1.54) is 12.8 Å². The predicted octanol–water partition coefficient (Wildman–Crippen LogP) is 1.88. The molecule has 1 unspecified atom stereocenters. The Morgan fingerprint density at radius 1 is 1.47 bits per heavy atom. The fourth-order valence-electron chi connectivity index (χ4n) is 1.73. The number of nitrogens with two attached hydrogens (primary N) is 1. The van der Waals surface area contributed by atoms with Crippen LogP contribution in [0.3, 0.4) is 0 Å². The molecule has 4 nitrogen and oxygen atoms in total. The van der Waals surface area contributed by atoms with Gasteiger partial charge in [-0.05, 0) is 18.9 Å². The van der Waals surface area contributed by atoms with E-state index in [-0.39, 0.29) is 0 Å². The first-order valence-electron chi connectivity index (χ1n) is 5.82. The molecule has 0 saturated heterocycles. The highest BCUT2D eigenvalue weighted by molar-refractivity contribution is 5.79. The molecule has 3 N–H and O–H groups in total. The van der Waals surface area contributed by atoms with Crippen LogP contribution in [-0.2, 0) is 0 Å². The lowest BCUT2D eigenvalue weighted by atomic mass is 10.1. The fourth-order valence-corrected chi connectivity index (χ4v) is 1.73. The maximum atomic E-state index is 8.43. The number of rotatable bonds is 8. The van der Waals surface area contributed by atoms with Crippen LogP contribution in [0, 0.1) is 5.92 Å². The van der Waals surface area contributed by atoms with E-state index in [9.17, 15) is 0 Å². The second-order valence-corrected chi connectivity index (χ2v) is 4.13. The summed E-state index contributed by atoms with van der Waals surface area (Å²) in [6.45, 7) is 9.63. The number of hydrogen-bond donors (Lipinski definition) is 2. The molecule has 0 amide bonds. The van der Waals surface area contributed by atoms with Gasteiger partial charge in [0.2, 0.25) is 0 Å². The topological polar surface area (TPSA) is 61.8 Å². The molecule has 0 heterocycles. The smallest absolute Gasteiger partial charge is 0.140 e. The van der Waals surface area contributed by atoms with Gasteiger partial charge >= 0.3 is 0 Å². The average Bonchev–Trinajstić information content (AvgIpc) is 2.23. The Kier molecular flexibility index (Phi) is 8.09. The molecule has 0 aliphatic carbocycles. The zero-order valence-electron chi connectivity index (χ0n) is 10.2. The molecule has 0 spiro atoms. The van der Waals surface area contributed by atoms with Gasteiger partial charge < -0.3 is 15.8 Å². The van der Waals surface area contributed by atoms with E-state index in [1.807, 2.05) is 0 Å². The van der Waals surface area contributed by atoms with Crippen molar-refractivity contribution < 1.29 is 5.21 Å². The minimum Gasteiger partial charge on any atom is -0.409 e. The number of amidine groups is 1. The van der Waals surface area contributed by atoms with E-state index in [2.05, 4.69) is 30.8 Å². The van der Waals surface area contributed by atoms with Crippen molar-refractivity contribution in [1.82, 2.24) is 4.90 Å². The zero-order chi connectivity index (χ0) is 11.7. The van der Waals surface area contributed by atoms with E-state index >= 15 is 0 Å². The Bertz CT molecular complexity index is 183. The van der Waals surface area contributed by atoms with Crippen LogP contribution in [0.25, 0.3) is 0 Å². The molecule has 0 aromatic carbocycles. The first-order valence-corrected chi connectivity index (χ1v) is 5.82. The SMILES string of the molecule is CCCC(C)CN(CC)CCC(N)=NO. The largest absolute Gasteiger partial charge is 0.409 e. The molecule has 15 heavy (non-hydrogen) atoms. The molecule has 0 rings (SSSR count). The second-order valence-electron chi connectivity index (χ2n) is 4.13. The van der Waals surface area contributed by atoms with E-state index in [0.29, 0.717) is 12.3 Å². The molecular formula is C11H25N3O. The van der Waals surface area contributed by atoms with E-state index in [0.717, 1.165) is 25.6 Å². The molecule has 0 radical (unpaired) electrons. The third-order valence-electron chi connectivity index (χ3n) is 2.61. The standard InChI is InChI=1S/C11H25N3O/c1-4-6-10(3)9-14(5-2)8-7-11(12)13-15/h10,15H,4-9H2,1-3H3,(H2,12,13). The van der Waals surface area contributed by atoms with Crippen LogP contribution in [0.2, 0.25) is 0 Å². The van der Waals surface area contributed by atoms with Crippen molar-refractivity contribution in [3.8, 4) is 0 Å². The summed E-state index contributed by atoms with van der Waals surface area (Å²) >= 11 is 0. The van der Waals surface area contributed by atoms with Crippen LogP contribution in [0.1, 0.15) is 40.0 Å². The van der Waals surface area contributed by atoms with Crippen LogP contribution in [0.5, 0.6) is 0 Å². The lowest BCUT2D eigenvalue weighted by molar-refractivity contribution is 0.246. The Balaban J connectivity index is 3.82. The van der Waals surface area contributed by atoms with Gasteiger partial charge in [0.05, 0.1) is 0 Å². The quantitative estimate of drug-likeness (QED) is 0.281. The summed E-state index contributed by atoms with van der Waals surface area (Å²) in [5.41, 5.74) is 5.44. The van der Waals surface area contributed by atoms with Crippen molar-refractivity contribution >= 4 is 5.84 Å². The molecule has 0 fully saturated rings. The summed E-state index contributed by atoms with van der Waals surface area (Å²) in [5, 5.41) is 11.4. The Morgan fingerprint density at radius 2 is 2.13 bits per heavy atom. The van der Waals surface area contributed by atoms with Gasteiger partial charge in [-0.2, -0.15) is 0 Å². The highest BCUT2D eigenvalue weighted by atomic mass is 16.4. The minimum absolute atomic E-state index is 0.316. The number of nitrogens with zero attached hydrogens (tertiary/aromatic N) is 2. The monoisotopic (exact) mass is 215 g/mol. The summed E-state index contributed by atoms with van der Waals surface area (Å²) in [6, 6.07) is 0. The van der Waals surface area contributed by atoms with Gasteiger partial charge in [-0.1, -0.05) is 32.3 Å². The highest BCUT2D eigenvalue weighted by Gasteiger charge is 2.08. The zero-order valence-corrected chi connectivity index (χ0v) is 10.2. The molecule has 0 saturated carbocycles. The average molecular weight is 215 g/mol. The van der Waals surface area contributed by atoms with Gasteiger partial charge in [-0.15, -0.1) is 0 Å². The van der Waals surface area contributed by atoms with Crippen LogP contribution in [0.15, 0.2) is 5.16 Å². The number of hydrogen-bond acceptors (Lipinski definition) is 3. The van der Waals surface area contributed by atoms with Crippen molar-refractivity contribution in [2.24, 2.45) is 16.8 Å². The van der Waals surface area contributed by atoms with Crippen molar-refractivity contribution in [1.29, 1.82) is 0 Å². The highest BCUT2D eigenvalue weighted by Crippen LogP contribution is 2.07. The van der Waals surface area contributed by atoms with Crippen molar-refractivity contribution in [3.63, 3.8) is 0 Å². The van der Waals surface area contributed by atoms with Crippen LogP contribution >= 0.6 is 0 Å². The normalized spacial score (nSPS) is 14.5. The third kappa shape index (κ3) is 7.19. The van der Waals surface area contributed by atoms with Crippen molar-refractivity contribution in [2.45, 2.75) is 40.0 Å². The van der Waals surface area contributed by atoms with Crippen LogP contribution in [-0.4, -0.2) is 35.6 Å². The van der Waals surface area contributed by atoms with Crippen LogP contribution < -0.4 is 5.73 Å². The van der Waals surface area contributed by atoms with E-state index < -0.39 is 0 Å². The van der Waals surface area contributed by atoms with Crippen molar-refractivity contribution in [3.05, 3.63) is 0 Å². The minimum atomic E-state index is 0.316. The van der Waals surface area contributed by atoms with Gasteiger partial charge in [0.25, 0.3) is 0 Å². The van der Waals surface area contributed by atoms with E-state index in [1.54, 1.807) is 0 Å². The lowest BCUT2D eigenvalue weighted by Crippen LogP contribution is -2.31. The lowest BCUT2D eigenvalue weighted by Gasteiger charge is -2.23. The molecule has 0 aliphatic rings. The maximum Gasteiger partial charge on any atom is 0.140 e. The number of oxime groups is 1. The second kappa shape index (κ2) is 8.53. The van der Waals surface area contributed by atoms with Crippen molar-refractivity contribution in [2.75, 3.05) is 19.6 Å². The molecule has 0 aromatic rings. The summed E-state index contributed by atoms with van der Waals surface area (Å²) < 4.78 is 0. The van der Waals surface area contributed by atoms with Crippen LogP contribution in [0.4, 0.5) is 0 Å². The van der Waals surface area contributed by atoms with Gasteiger partial charge in [0.15, 0.2) is 0 Å². The van der Waals surface area contributed by atoms with E-state index in [4.69, 9.17) is 10.9 Å². The summed E-state index contributed by atoms with van der Waals surface area (Å²) in [6.07, 6.45) is 3.14. The fraction of sp³-hybridized carbons (Fsp3) is 0.909. The molecule has 90 valence electrons. The molecule has 0 aromatic heterocycles. The molecule has 0 bridgehead atoms. The first-order chi connectivity index (χ1) is 7.13. The maximum absolute atomic E-state index is 8.43. The molecule has 4 heteroatoms. The van der Waals surface area contributed by atoms with Gasteiger partial charge in [0.1, 0.15) is 5.84 Å². The summed E-state index contributed by atoms with van der Waals surface area (Å²) in [7, 11) is 0. The molecular weight excluding hydrogens is 190 g/mol. The Morgan fingerprint density at radius 3 is 2.60 bits per heavy atom. The summed E-state index contributed by atoms with van der Waals surface area (Å²) in [5.74, 6) is 1.04. The first kappa shape index (κ1) is 14.2. The Hall–Kier alpha value is -0.770. The van der Waals surface area contributed by atoms with Gasteiger partial charge in [-0.3, -0.25) is 0 Å².